The first kappa shape index (κ1) is 17.7. The maximum absolute atomic E-state index is 13.2. The summed E-state index contributed by atoms with van der Waals surface area (Å²) in [4.78, 5) is 24.3. The lowest BCUT2D eigenvalue weighted by atomic mass is 9.93. The molecule has 0 saturated heterocycles. The molecule has 0 saturated carbocycles. The van der Waals surface area contributed by atoms with Crippen LogP contribution >= 0.6 is 0 Å². The molecule has 5 nitrogen and oxygen atoms in total. The standard InChI is InChI=1S/C20H19FN2O3/c1-23-12-2-4-17(20(23)25)19(24)22-11-10-16(18-5-3-13-26-18)14-6-8-15(21)9-7-14/h2-9,12-13,16H,10-11H2,1H3,(H,22,24)/t16-/m1/s1. The maximum atomic E-state index is 13.2. The zero-order chi connectivity index (χ0) is 18.5. The van der Waals surface area contributed by atoms with E-state index in [1.807, 2.05) is 6.07 Å². The van der Waals surface area contributed by atoms with Crippen molar-refractivity contribution in [2.24, 2.45) is 7.05 Å². The topological polar surface area (TPSA) is 64.2 Å². The molecule has 0 unspecified atom stereocenters. The Morgan fingerprint density at radius 3 is 2.65 bits per heavy atom. The van der Waals surface area contributed by atoms with Crippen molar-refractivity contribution in [3.63, 3.8) is 0 Å². The number of nitrogens with zero attached hydrogens (tertiary/aromatic N) is 1. The van der Waals surface area contributed by atoms with E-state index in [4.69, 9.17) is 4.42 Å². The van der Waals surface area contributed by atoms with E-state index in [1.165, 1.54) is 22.8 Å². The Bertz CT molecular complexity index is 930. The van der Waals surface area contributed by atoms with Gasteiger partial charge in [-0.1, -0.05) is 12.1 Å². The van der Waals surface area contributed by atoms with Gasteiger partial charge in [0, 0.05) is 25.7 Å². The van der Waals surface area contributed by atoms with Crippen LogP contribution in [0.15, 0.2) is 70.2 Å². The van der Waals surface area contributed by atoms with Crippen molar-refractivity contribution in [2.45, 2.75) is 12.3 Å². The summed E-state index contributed by atoms with van der Waals surface area (Å²) in [5, 5.41) is 2.77. The van der Waals surface area contributed by atoms with E-state index in [0.717, 1.165) is 11.3 Å². The Balaban J connectivity index is 1.70. The summed E-state index contributed by atoms with van der Waals surface area (Å²) in [5.41, 5.74) is 0.656. The minimum atomic E-state index is -0.413. The fourth-order valence-corrected chi connectivity index (χ4v) is 2.85. The second-order valence-corrected chi connectivity index (χ2v) is 6.00. The molecule has 2 aromatic heterocycles. The number of pyridine rings is 1. The van der Waals surface area contributed by atoms with Crippen molar-refractivity contribution in [1.29, 1.82) is 0 Å². The Morgan fingerprint density at radius 1 is 1.19 bits per heavy atom. The van der Waals surface area contributed by atoms with Crippen molar-refractivity contribution in [3.05, 3.63) is 94.0 Å². The molecule has 0 spiro atoms. The van der Waals surface area contributed by atoms with Crippen molar-refractivity contribution in [2.75, 3.05) is 6.54 Å². The van der Waals surface area contributed by atoms with Gasteiger partial charge < -0.3 is 14.3 Å². The number of rotatable bonds is 6. The molecule has 2 heterocycles. The highest BCUT2D eigenvalue weighted by Crippen LogP contribution is 2.28. The fraction of sp³-hybridized carbons (Fsp3) is 0.200. The zero-order valence-corrected chi connectivity index (χ0v) is 14.3. The highest BCUT2D eigenvalue weighted by molar-refractivity contribution is 5.93. The summed E-state index contributed by atoms with van der Waals surface area (Å²) < 4.78 is 20.1. The lowest BCUT2D eigenvalue weighted by Gasteiger charge is -2.16. The summed E-state index contributed by atoms with van der Waals surface area (Å²) >= 11 is 0. The first-order valence-corrected chi connectivity index (χ1v) is 8.29. The van der Waals surface area contributed by atoms with Gasteiger partial charge in [-0.05, 0) is 48.4 Å². The van der Waals surface area contributed by atoms with Crippen LogP contribution in [-0.4, -0.2) is 17.0 Å². The Kier molecular flexibility index (Phi) is 5.31. The summed E-state index contributed by atoms with van der Waals surface area (Å²) in [7, 11) is 1.60. The van der Waals surface area contributed by atoms with Crippen molar-refractivity contribution >= 4 is 5.91 Å². The maximum Gasteiger partial charge on any atom is 0.263 e. The van der Waals surface area contributed by atoms with Crippen LogP contribution in [0.3, 0.4) is 0 Å². The third-order valence-corrected chi connectivity index (χ3v) is 4.25. The first-order valence-electron chi connectivity index (χ1n) is 8.29. The number of nitrogens with one attached hydrogen (secondary N) is 1. The van der Waals surface area contributed by atoms with Gasteiger partial charge in [0.1, 0.15) is 17.1 Å². The summed E-state index contributed by atoms with van der Waals surface area (Å²) in [6, 6.07) is 13.0. The van der Waals surface area contributed by atoms with Crippen LogP contribution in [0.4, 0.5) is 4.39 Å². The molecule has 6 heteroatoms. The van der Waals surface area contributed by atoms with E-state index in [-0.39, 0.29) is 22.9 Å². The van der Waals surface area contributed by atoms with E-state index < -0.39 is 5.91 Å². The van der Waals surface area contributed by atoms with E-state index in [2.05, 4.69) is 5.32 Å². The number of carbonyl (C=O) groups excluding carboxylic acids is 1. The number of aromatic nitrogens is 1. The smallest absolute Gasteiger partial charge is 0.263 e. The minimum absolute atomic E-state index is 0.103. The van der Waals surface area contributed by atoms with Gasteiger partial charge in [0.15, 0.2) is 0 Å². The van der Waals surface area contributed by atoms with E-state index in [1.54, 1.807) is 43.8 Å². The monoisotopic (exact) mass is 354 g/mol. The number of halogens is 1. The number of amides is 1. The molecule has 0 aliphatic heterocycles. The summed E-state index contributed by atoms with van der Waals surface area (Å²) in [6.45, 7) is 0.347. The SMILES string of the molecule is Cn1cccc(C(=O)NCC[C@H](c2ccc(F)cc2)c2ccco2)c1=O. The second kappa shape index (κ2) is 7.82. The van der Waals surface area contributed by atoms with Crippen LogP contribution < -0.4 is 10.9 Å². The molecule has 3 rings (SSSR count). The van der Waals surface area contributed by atoms with Crippen LogP contribution in [-0.2, 0) is 7.05 Å². The third-order valence-electron chi connectivity index (χ3n) is 4.25. The Morgan fingerprint density at radius 2 is 1.96 bits per heavy atom. The highest BCUT2D eigenvalue weighted by atomic mass is 19.1. The molecule has 0 bridgehead atoms. The van der Waals surface area contributed by atoms with Gasteiger partial charge in [-0.15, -0.1) is 0 Å². The lowest BCUT2D eigenvalue weighted by Crippen LogP contribution is -2.32. The molecule has 1 amide bonds. The van der Waals surface area contributed by atoms with Crippen LogP contribution in [0.1, 0.15) is 34.0 Å². The molecule has 26 heavy (non-hydrogen) atoms. The van der Waals surface area contributed by atoms with Crippen LogP contribution in [0.5, 0.6) is 0 Å². The number of furan rings is 1. The van der Waals surface area contributed by atoms with Gasteiger partial charge in [0.05, 0.1) is 6.26 Å². The van der Waals surface area contributed by atoms with Gasteiger partial charge >= 0.3 is 0 Å². The minimum Gasteiger partial charge on any atom is -0.469 e. The fourth-order valence-electron chi connectivity index (χ4n) is 2.85. The van der Waals surface area contributed by atoms with E-state index in [0.29, 0.717) is 13.0 Å². The van der Waals surface area contributed by atoms with E-state index >= 15 is 0 Å². The largest absolute Gasteiger partial charge is 0.469 e. The molecule has 1 N–H and O–H groups in total. The van der Waals surface area contributed by atoms with Crippen LogP contribution in [0.25, 0.3) is 0 Å². The number of hydrogen-bond donors (Lipinski definition) is 1. The van der Waals surface area contributed by atoms with Gasteiger partial charge in [-0.2, -0.15) is 0 Å². The van der Waals surface area contributed by atoms with Crippen LogP contribution in [0, 0.1) is 5.82 Å². The van der Waals surface area contributed by atoms with Gasteiger partial charge in [-0.25, -0.2) is 4.39 Å². The quantitative estimate of drug-likeness (QED) is 0.740. The van der Waals surface area contributed by atoms with Gasteiger partial charge in [-0.3, -0.25) is 9.59 Å². The van der Waals surface area contributed by atoms with Crippen molar-refractivity contribution in [1.82, 2.24) is 9.88 Å². The Labute approximate surface area is 150 Å². The van der Waals surface area contributed by atoms with Gasteiger partial charge in [0.25, 0.3) is 11.5 Å². The van der Waals surface area contributed by atoms with Crippen LogP contribution in [0.2, 0.25) is 0 Å². The second-order valence-electron chi connectivity index (χ2n) is 6.00. The molecule has 1 aromatic carbocycles. The lowest BCUT2D eigenvalue weighted by molar-refractivity contribution is 0.0950. The normalized spacial score (nSPS) is 11.9. The average molecular weight is 354 g/mol. The molecule has 1 atom stereocenters. The molecule has 3 aromatic rings. The molecular formula is C20H19FN2O3. The zero-order valence-electron chi connectivity index (χ0n) is 14.3. The van der Waals surface area contributed by atoms with Gasteiger partial charge in [0.2, 0.25) is 0 Å². The molecule has 0 fully saturated rings. The van der Waals surface area contributed by atoms with E-state index in [9.17, 15) is 14.0 Å². The van der Waals surface area contributed by atoms with Crippen molar-refractivity contribution < 1.29 is 13.6 Å². The average Bonchev–Trinajstić information content (AvgIpc) is 3.16. The molecular weight excluding hydrogens is 335 g/mol. The summed E-state index contributed by atoms with van der Waals surface area (Å²) in [6.07, 6.45) is 3.73. The molecule has 0 radical (unpaired) electrons. The Hall–Kier alpha value is -3.15. The third kappa shape index (κ3) is 3.91. The molecule has 0 aliphatic rings. The number of benzene rings is 1. The molecule has 0 aliphatic carbocycles. The van der Waals surface area contributed by atoms with Crippen molar-refractivity contribution in [3.8, 4) is 0 Å². The summed E-state index contributed by atoms with van der Waals surface area (Å²) in [5.74, 6) is -0.102. The predicted molar refractivity (Wildman–Crippen MR) is 95.6 cm³/mol. The number of hydrogen-bond acceptors (Lipinski definition) is 3. The molecule has 134 valence electrons. The predicted octanol–water partition coefficient (Wildman–Crippen LogP) is 3.07. The number of carbonyl (C=O) groups is 1. The number of aryl methyl sites for hydroxylation is 1. The highest BCUT2D eigenvalue weighted by Gasteiger charge is 2.18. The first-order chi connectivity index (χ1) is 12.6.